The SMILES string of the molecule is CCc1nn(C)c(CC2(CCl)CCCC2)c1Cl. The number of aryl methyl sites for hydroxylation is 2. The molecule has 0 aliphatic heterocycles. The van der Waals surface area contributed by atoms with Gasteiger partial charge in [-0.2, -0.15) is 5.10 Å². The fourth-order valence-corrected chi connectivity index (χ4v) is 3.57. The zero-order valence-electron chi connectivity index (χ0n) is 10.6. The highest BCUT2D eigenvalue weighted by Gasteiger charge is 2.35. The van der Waals surface area contributed by atoms with Crippen molar-refractivity contribution >= 4 is 23.2 Å². The molecule has 1 heterocycles. The maximum atomic E-state index is 6.40. The molecule has 0 unspecified atom stereocenters. The minimum absolute atomic E-state index is 0.254. The quantitative estimate of drug-likeness (QED) is 0.760. The molecule has 0 spiro atoms. The van der Waals surface area contributed by atoms with Gasteiger partial charge < -0.3 is 0 Å². The molecule has 1 fully saturated rings. The fraction of sp³-hybridized carbons (Fsp3) is 0.769. The van der Waals surface area contributed by atoms with Gasteiger partial charge in [0.2, 0.25) is 0 Å². The van der Waals surface area contributed by atoms with Crippen LogP contribution >= 0.6 is 23.2 Å². The Morgan fingerprint density at radius 2 is 2.00 bits per heavy atom. The number of alkyl halides is 1. The van der Waals surface area contributed by atoms with Gasteiger partial charge in [0.1, 0.15) is 0 Å². The Morgan fingerprint density at radius 1 is 1.35 bits per heavy atom. The normalized spacial score (nSPS) is 18.8. The van der Waals surface area contributed by atoms with Crippen LogP contribution < -0.4 is 0 Å². The zero-order valence-corrected chi connectivity index (χ0v) is 12.1. The number of halogens is 2. The van der Waals surface area contributed by atoms with Gasteiger partial charge in [-0.15, -0.1) is 11.6 Å². The first-order valence-electron chi connectivity index (χ1n) is 6.38. The summed E-state index contributed by atoms with van der Waals surface area (Å²) in [5.74, 6) is 0.732. The number of hydrogen-bond acceptors (Lipinski definition) is 1. The second-order valence-electron chi connectivity index (χ2n) is 5.20. The maximum Gasteiger partial charge on any atom is 0.0849 e. The van der Waals surface area contributed by atoms with Gasteiger partial charge in [-0.1, -0.05) is 31.4 Å². The lowest BCUT2D eigenvalue weighted by molar-refractivity contribution is 0.332. The van der Waals surface area contributed by atoms with Gasteiger partial charge in [0.25, 0.3) is 0 Å². The van der Waals surface area contributed by atoms with Crippen molar-refractivity contribution < 1.29 is 0 Å². The van der Waals surface area contributed by atoms with E-state index in [-0.39, 0.29) is 5.41 Å². The summed E-state index contributed by atoms with van der Waals surface area (Å²) in [5, 5.41) is 5.33. The van der Waals surface area contributed by atoms with E-state index in [9.17, 15) is 0 Å². The molecule has 96 valence electrons. The van der Waals surface area contributed by atoms with Crippen molar-refractivity contribution in [2.75, 3.05) is 5.88 Å². The smallest absolute Gasteiger partial charge is 0.0849 e. The largest absolute Gasteiger partial charge is 0.271 e. The predicted octanol–water partition coefficient (Wildman–Crippen LogP) is 3.98. The van der Waals surface area contributed by atoms with E-state index in [1.54, 1.807) is 0 Å². The highest BCUT2D eigenvalue weighted by Crippen LogP contribution is 2.43. The van der Waals surface area contributed by atoms with Gasteiger partial charge in [0.05, 0.1) is 16.4 Å². The van der Waals surface area contributed by atoms with E-state index in [4.69, 9.17) is 23.2 Å². The molecule has 2 nitrogen and oxygen atoms in total. The van der Waals surface area contributed by atoms with Crippen molar-refractivity contribution in [2.45, 2.75) is 45.4 Å². The second-order valence-corrected chi connectivity index (χ2v) is 5.85. The van der Waals surface area contributed by atoms with Crippen LogP contribution in [0.25, 0.3) is 0 Å². The molecule has 2 rings (SSSR count). The van der Waals surface area contributed by atoms with Crippen molar-refractivity contribution in [1.82, 2.24) is 9.78 Å². The third-order valence-corrected chi connectivity index (χ3v) is 5.00. The second kappa shape index (κ2) is 5.19. The summed E-state index contributed by atoms with van der Waals surface area (Å²) >= 11 is 12.6. The molecule has 0 N–H and O–H groups in total. The topological polar surface area (TPSA) is 17.8 Å². The average molecular weight is 275 g/mol. The molecule has 1 aromatic rings. The van der Waals surface area contributed by atoms with Crippen LogP contribution in [-0.2, 0) is 19.9 Å². The molecule has 0 saturated heterocycles. The van der Waals surface area contributed by atoms with Gasteiger partial charge in [0.15, 0.2) is 0 Å². The van der Waals surface area contributed by atoms with Crippen LogP contribution in [-0.4, -0.2) is 15.7 Å². The Morgan fingerprint density at radius 3 is 2.47 bits per heavy atom. The lowest BCUT2D eigenvalue weighted by Crippen LogP contribution is -2.23. The summed E-state index contributed by atoms with van der Waals surface area (Å²) in [6, 6.07) is 0. The maximum absolute atomic E-state index is 6.40. The number of rotatable bonds is 4. The molecule has 0 aromatic carbocycles. The molecular weight excluding hydrogens is 255 g/mol. The van der Waals surface area contributed by atoms with Crippen LogP contribution in [0.5, 0.6) is 0 Å². The van der Waals surface area contributed by atoms with Gasteiger partial charge in [-0.05, 0) is 31.1 Å². The first-order valence-corrected chi connectivity index (χ1v) is 7.29. The van der Waals surface area contributed by atoms with E-state index >= 15 is 0 Å². The Hall–Kier alpha value is -0.210. The monoisotopic (exact) mass is 274 g/mol. The van der Waals surface area contributed by atoms with Crippen molar-refractivity contribution in [3.8, 4) is 0 Å². The Bertz CT molecular complexity index is 392. The van der Waals surface area contributed by atoms with Gasteiger partial charge in [0, 0.05) is 12.9 Å². The van der Waals surface area contributed by atoms with E-state index in [1.807, 2.05) is 11.7 Å². The third kappa shape index (κ3) is 2.48. The van der Waals surface area contributed by atoms with Crippen molar-refractivity contribution in [3.05, 3.63) is 16.4 Å². The van der Waals surface area contributed by atoms with E-state index in [0.717, 1.165) is 35.1 Å². The summed E-state index contributed by atoms with van der Waals surface area (Å²) < 4.78 is 1.94. The van der Waals surface area contributed by atoms with Gasteiger partial charge in [-0.3, -0.25) is 4.68 Å². The average Bonchev–Trinajstić information content (AvgIpc) is 2.90. The van der Waals surface area contributed by atoms with Crippen LogP contribution in [0.3, 0.4) is 0 Å². The summed E-state index contributed by atoms with van der Waals surface area (Å²) in [6.45, 7) is 2.09. The van der Waals surface area contributed by atoms with Crippen LogP contribution in [0.1, 0.15) is 44.0 Å². The van der Waals surface area contributed by atoms with Crippen LogP contribution in [0.2, 0.25) is 5.02 Å². The van der Waals surface area contributed by atoms with E-state index in [1.165, 1.54) is 25.7 Å². The summed E-state index contributed by atoms with van der Waals surface area (Å²) in [7, 11) is 1.98. The Labute approximate surface area is 113 Å². The standard InChI is InChI=1S/C13H20Cl2N2/c1-3-10-12(15)11(17(2)16-10)8-13(9-14)6-4-5-7-13/h3-9H2,1-2H3. The zero-order chi connectivity index (χ0) is 12.5. The fourth-order valence-electron chi connectivity index (χ4n) is 2.85. The highest BCUT2D eigenvalue weighted by molar-refractivity contribution is 6.31. The van der Waals surface area contributed by atoms with E-state index in [0.29, 0.717) is 0 Å². The van der Waals surface area contributed by atoms with Crippen LogP contribution in [0.4, 0.5) is 0 Å². The molecule has 1 aliphatic rings. The Balaban J connectivity index is 2.25. The molecule has 4 heteroatoms. The van der Waals surface area contributed by atoms with Crippen molar-refractivity contribution in [1.29, 1.82) is 0 Å². The van der Waals surface area contributed by atoms with E-state index < -0.39 is 0 Å². The molecule has 1 saturated carbocycles. The lowest BCUT2D eigenvalue weighted by Gasteiger charge is -2.26. The van der Waals surface area contributed by atoms with Crippen LogP contribution in [0.15, 0.2) is 0 Å². The van der Waals surface area contributed by atoms with Crippen molar-refractivity contribution in [2.24, 2.45) is 12.5 Å². The summed E-state index contributed by atoms with van der Waals surface area (Å²) in [6.07, 6.45) is 6.89. The minimum Gasteiger partial charge on any atom is -0.271 e. The Kier molecular flexibility index (Phi) is 4.04. The molecule has 1 aliphatic carbocycles. The molecule has 17 heavy (non-hydrogen) atoms. The van der Waals surface area contributed by atoms with Gasteiger partial charge >= 0.3 is 0 Å². The first kappa shape index (κ1) is 13.2. The number of aromatic nitrogens is 2. The predicted molar refractivity (Wildman–Crippen MR) is 72.9 cm³/mol. The van der Waals surface area contributed by atoms with E-state index in [2.05, 4.69) is 12.0 Å². The molecule has 1 aromatic heterocycles. The molecule has 0 atom stereocenters. The number of nitrogens with zero attached hydrogens (tertiary/aromatic N) is 2. The van der Waals surface area contributed by atoms with Gasteiger partial charge in [-0.25, -0.2) is 0 Å². The minimum atomic E-state index is 0.254. The van der Waals surface area contributed by atoms with Crippen molar-refractivity contribution in [3.63, 3.8) is 0 Å². The lowest BCUT2D eigenvalue weighted by atomic mass is 9.83. The molecule has 0 bridgehead atoms. The highest BCUT2D eigenvalue weighted by atomic mass is 35.5. The summed E-state index contributed by atoms with van der Waals surface area (Å²) in [5.41, 5.74) is 2.42. The first-order chi connectivity index (χ1) is 8.12. The molecular formula is C13H20Cl2N2. The third-order valence-electron chi connectivity index (χ3n) is 3.99. The molecule has 0 amide bonds. The van der Waals surface area contributed by atoms with Crippen LogP contribution in [0, 0.1) is 5.41 Å². The molecule has 0 radical (unpaired) electrons. The summed E-state index contributed by atoms with van der Waals surface area (Å²) in [4.78, 5) is 0. The number of hydrogen-bond donors (Lipinski definition) is 0.